The first-order valence-electron chi connectivity index (χ1n) is 2.55. The zero-order valence-electron chi connectivity index (χ0n) is 5.70. The van der Waals surface area contributed by atoms with Gasteiger partial charge in [-0.05, 0) is 0 Å². The van der Waals surface area contributed by atoms with Crippen molar-refractivity contribution in [3.05, 3.63) is 11.3 Å². The van der Waals surface area contributed by atoms with E-state index in [1.54, 1.807) is 0 Å². The normalized spacial score (nSPS) is 11.2. The molecule has 0 amide bonds. The Morgan fingerprint density at radius 2 is 2.00 bits per heavy atom. The van der Waals surface area contributed by atoms with Crippen LogP contribution in [0.5, 0.6) is 0 Å². The minimum absolute atomic E-state index is 0.250. The Labute approximate surface area is 65.2 Å². The lowest BCUT2D eigenvalue weighted by atomic mass is 10.5. The molecule has 0 aliphatic rings. The molecule has 0 atom stereocenters. The average Bonchev–Trinajstić information content (AvgIpc) is 1.86. The Balaban J connectivity index is 4.32. The molecule has 0 aliphatic carbocycles. The lowest BCUT2D eigenvalue weighted by Crippen LogP contribution is -2.12. The van der Waals surface area contributed by atoms with Crippen LogP contribution < -0.4 is 0 Å². The molecule has 0 aliphatic heterocycles. The molecule has 2 radical (unpaired) electrons. The summed E-state index contributed by atoms with van der Waals surface area (Å²) in [6, 6.07) is 0. The van der Waals surface area contributed by atoms with Crippen LogP contribution in [0.4, 0.5) is 0 Å². The van der Waals surface area contributed by atoms with Crippen LogP contribution in [0.25, 0.3) is 0 Å². The molecule has 0 unspecified atom stereocenters. The zero-order chi connectivity index (χ0) is 8.85. The van der Waals surface area contributed by atoms with E-state index in [4.69, 9.17) is 10.2 Å². The number of hydrogen-bond donors (Lipinski definition) is 2. The number of carboxylic acid groups (broad SMARTS) is 2. The van der Waals surface area contributed by atoms with Gasteiger partial charge in [-0.25, -0.2) is 9.59 Å². The fourth-order valence-corrected chi connectivity index (χ4v) is 0.858. The second-order valence-electron chi connectivity index (χ2n) is 1.51. The molecule has 0 fully saturated rings. The van der Waals surface area contributed by atoms with Crippen molar-refractivity contribution in [2.45, 2.75) is 0 Å². The van der Waals surface area contributed by atoms with Crippen LogP contribution in [0.2, 0.25) is 0 Å². The van der Waals surface area contributed by atoms with E-state index in [-0.39, 0.29) is 5.20 Å². The lowest BCUT2D eigenvalue weighted by Gasteiger charge is -1.94. The van der Waals surface area contributed by atoms with Gasteiger partial charge in [-0.3, -0.25) is 0 Å². The SMILES string of the molecule is CO[Si]/C(=C/C(=O)O)C(=O)O. The summed E-state index contributed by atoms with van der Waals surface area (Å²) in [6.45, 7) is 0. The number of rotatable bonds is 4. The Kier molecular flexibility index (Phi) is 4.16. The van der Waals surface area contributed by atoms with E-state index < -0.39 is 21.7 Å². The van der Waals surface area contributed by atoms with Gasteiger partial charge in [0, 0.05) is 13.2 Å². The second kappa shape index (κ2) is 4.64. The summed E-state index contributed by atoms with van der Waals surface area (Å²) in [4.78, 5) is 20.2. The van der Waals surface area contributed by atoms with Crippen molar-refractivity contribution in [2.24, 2.45) is 0 Å². The van der Waals surface area contributed by atoms with Crippen LogP contribution in [0, 0.1) is 0 Å². The molecule has 6 heteroatoms. The van der Waals surface area contributed by atoms with Crippen molar-refractivity contribution in [3.63, 3.8) is 0 Å². The van der Waals surface area contributed by atoms with E-state index >= 15 is 0 Å². The second-order valence-corrected chi connectivity index (χ2v) is 2.66. The van der Waals surface area contributed by atoms with Gasteiger partial charge in [0.1, 0.15) is 0 Å². The van der Waals surface area contributed by atoms with Crippen molar-refractivity contribution in [3.8, 4) is 0 Å². The number of hydrogen-bond acceptors (Lipinski definition) is 3. The van der Waals surface area contributed by atoms with E-state index in [0.717, 1.165) is 0 Å². The molecule has 60 valence electrons. The van der Waals surface area contributed by atoms with Crippen LogP contribution in [0.15, 0.2) is 11.3 Å². The maximum absolute atomic E-state index is 10.2. The first kappa shape index (κ1) is 9.86. The van der Waals surface area contributed by atoms with Crippen LogP contribution in [-0.2, 0) is 14.0 Å². The maximum Gasteiger partial charge on any atom is 0.329 e. The van der Waals surface area contributed by atoms with E-state index in [9.17, 15) is 9.59 Å². The largest absolute Gasteiger partial charge is 0.478 e. The summed E-state index contributed by atoms with van der Waals surface area (Å²) in [7, 11) is 0.863. The van der Waals surface area contributed by atoms with Gasteiger partial charge >= 0.3 is 11.9 Å². The first-order chi connectivity index (χ1) is 5.07. The zero-order valence-corrected chi connectivity index (χ0v) is 6.70. The van der Waals surface area contributed by atoms with Crippen LogP contribution >= 0.6 is 0 Å². The monoisotopic (exact) mass is 174 g/mol. The third-order valence-corrected chi connectivity index (χ3v) is 1.49. The van der Waals surface area contributed by atoms with Gasteiger partial charge in [0.05, 0.1) is 5.20 Å². The Morgan fingerprint density at radius 3 is 2.27 bits per heavy atom. The Morgan fingerprint density at radius 1 is 1.45 bits per heavy atom. The van der Waals surface area contributed by atoms with Gasteiger partial charge in [-0.2, -0.15) is 0 Å². The molecule has 0 bridgehead atoms. The minimum atomic E-state index is -1.29. The van der Waals surface area contributed by atoms with Crippen molar-refractivity contribution >= 4 is 21.7 Å². The summed E-state index contributed by atoms with van der Waals surface area (Å²) in [5.74, 6) is -2.56. The highest BCUT2D eigenvalue weighted by atomic mass is 28.2. The van der Waals surface area contributed by atoms with Gasteiger partial charge in [0.2, 0.25) is 0 Å². The summed E-state index contributed by atoms with van der Waals surface area (Å²) in [5.41, 5.74) is 0. The molecular weight excluding hydrogens is 168 g/mol. The van der Waals surface area contributed by atoms with Crippen molar-refractivity contribution < 1.29 is 24.2 Å². The fraction of sp³-hybridized carbons (Fsp3) is 0.200. The predicted molar refractivity (Wildman–Crippen MR) is 36.1 cm³/mol. The minimum Gasteiger partial charge on any atom is -0.478 e. The smallest absolute Gasteiger partial charge is 0.329 e. The summed E-state index contributed by atoms with van der Waals surface area (Å²) in [5, 5.41) is 16.3. The topological polar surface area (TPSA) is 83.8 Å². The van der Waals surface area contributed by atoms with Gasteiger partial charge in [-0.15, -0.1) is 0 Å². The quantitative estimate of drug-likeness (QED) is 0.435. The Bertz CT molecular complexity index is 197. The van der Waals surface area contributed by atoms with Crippen LogP contribution in [0.1, 0.15) is 0 Å². The highest BCUT2D eigenvalue weighted by Crippen LogP contribution is 1.91. The lowest BCUT2D eigenvalue weighted by molar-refractivity contribution is -0.134. The molecule has 0 aromatic heterocycles. The van der Waals surface area contributed by atoms with Gasteiger partial charge in [-0.1, -0.05) is 0 Å². The molecule has 5 nitrogen and oxygen atoms in total. The summed E-state index contributed by atoms with van der Waals surface area (Å²) in [6.07, 6.45) is 0.615. The highest BCUT2D eigenvalue weighted by Gasteiger charge is 2.10. The molecule has 0 spiro atoms. The third-order valence-electron chi connectivity index (χ3n) is 0.710. The fourth-order valence-electron chi connectivity index (χ4n) is 0.368. The van der Waals surface area contributed by atoms with Crippen molar-refractivity contribution in [1.82, 2.24) is 0 Å². The predicted octanol–water partition coefficient (Wildman–Crippen LogP) is -0.695. The summed E-state index contributed by atoms with van der Waals surface area (Å²) < 4.78 is 4.48. The molecule has 0 saturated heterocycles. The highest BCUT2D eigenvalue weighted by molar-refractivity contribution is 6.48. The van der Waals surface area contributed by atoms with E-state index in [1.165, 1.54) is 7.11 Å². The Hall–Kier alpha value is -1.14. The molecule has 11 heavy (non-hydrogen) atoms. The van der Waals surface area contributed by atoms with E-state index in [0.29, 0.717) is 6.08 Å². The molecule has 0 aromatic carbocycles. The van der Waals surface area contributed by atoms with Crippen molar-refractivity contribution in [1.29, 1.82) is 0 Å². The van der Waals surface area contributed by atoms with E-state index in [1.807, 2.05) is 0 Å². The van der Waals surface area contributed by atoms with Crippen molar-refractivity contribution in [2.75, 3.05) is 7.11 Å². The van der Waals surface area contributed by atoms with Crippen LogP contribution in [-0.4, -0.2) is 39.0 Å². The number of carboxylic acids is 2. The number of carbonyl (C=O) groups is 2. The first-order valence-corrected chi connectivity index (χ1v) is 3.45. The molecule has 0 rings (SSSR count). The van der Waals surface area contributed by atoms with Crippen LogP contribution in [0.3, 0.4) is 0 Å². The average molecular weight is 174 g/mol. The van der Waals surface area contributed by atoms with Gasteiger partial charge in [0.25, 0.3) is 9.76 Å². The number of aliphatic carboxylic acids is 2. The molecule has 0 saturated carbocycles. The molecular formula is C5H6O5Si. The molecule has 2 N–H and O–H groups in total. The maximum atomic E-state index is 10.2. The standard InChI is InChI=1S/C5H6O5Si/c1-10-11-3(5(8)9)2-4(6)7/h2H,1H3,(H,6,7)(H,8,9)/b3-2+. The third kappa shape index (κ3) is 4.29. The molecule has 0 aromatic rings. The van der Waals surface area contributed by atoms with E-state index in [2.05, 4.69) is 4.43 Å². The summed E-state index contributed by atoms with van der Waals surface area (Å²) >= 11 is 0. The molecule has 0 heterocycles. The van der Waals surface area contributed by atoms with Gasteiger partial charge < -0.3 is 14.6 Å². The van der Waals surface area contributed by atoms with Gasteiger partial charge in [0.15, 0.2) is 0 Å².